The molecule has 0 spiro atoms. The molecule has 0 unspecified atom stereocenters. The zero-order valence-corrected chi connectivity index (χ0v) is 22.3. The number of halogens is 1. The van der Waals surface area contributed by atoms with Gasteiger partial charge in [0.2, 0.25) is 10.0 Å². The smallest absolute Gasteiger partial charge is 0.321 e. The van der Waals surface area contributed by atoms with Crippen LogP contribution in [0.1, 0.15) is 23.7 Å². The molecule has 1 amide bonds. The summed E-state index contributed by atoms with van der Waals surface area (Å²) in [5.41, 5.74) is 7.68. The van der Waals surface area contributed by atoms with Crippen molar-refractivity contribution in [3.63, 3.8) is 0 Å². The standard InChI is InChI=1S/C24H30ClN7O5S/c1-15(23(34)35)30-38(36,37)17-5-2-4-16(14-17)29-22(33)18-6-7-19(21(26)20(18)25)31-10-12-32(13-11-31)24-27-8-3-9-28-24/h2,4-7,14-15,30H,3,8-13,26H2,1H3,(H,27,28)(H,29,33)(H,34,35)/t15-/m0/s1. The molecule has 204 valence electrons. The molecule has 0 bridgehead atoms. The summed E-state index contributed by atoms with van der Waals surface area (Å²) in [4.78, 5) is 32.7. The normalized spacial score (nSPS) is 16.8. The highest BCUT2D eigenvalue weighted by Gasteiger charge is 2.25. The highest BCUT2D eigenvalue weighted by molar-refractivity contribution is 7.89. The molecular formula is C24H30ClN7O5S. The van der Waals surface area contributed by atoms with Crippen molar-refractivity contribution in [3.8, 4) is 0 Å². The van der Waals surface area contributed by atoms with Crippen LogP contribution in [0.3, 0.4) is 0 Å². The second kappa shape index (κ2) is 11.5. The second-order valence-corrected chi connectivity index (χ2v) is 11.1. The van der Waals surface area contributed by atoms with Gasteiger partial charge in [-0.25, -0.2) is 8.42 Å². The highest BCUT2D eigenvalue weighted by Crippen LogP contribution is 2.34. The Balaban J connectivity index is 1.45. The van der Waals surface area contributed by atoms with Crippen molar-refractivity contribution in [3.05, 3.63) is 47.0 Å². The number of rotatable bonds is 7. The Morgan fingerprint density at radius 2 is 1.87 bits per heavy atom. The van der Waals surface area contributed by atoms with E-state index >= 15 is 0 Å². The molecule has 2 aromatic rings. The fourth-order valence-corrected chi connectivity index (χ4v) is 5.70. The van der Waals surface area contributed by atoms with Gasteiger partial charge >= 0.3 is 5.97 Å². The Kier molecular flexibility index (Phi) is 8.29. The minimum absolute atomic E-state index is 0.0986. The first kappa shape index (κ1) is 27.5. The molecule has 12 nitrogen and oxygen atoms in total. The van der Waals surface area contributed by atoms with E-state index < -0.39 is 27.9 Å². The Labute approximate surface area is 225 Å². The number of hydrogen-bond acceptors (Lipinski definition) is 9. The number of carboxylic acid groups (broad SMARTS) is 1. The summed E-state index contributed by atoms with van der Waals surface area (Å²) in [6.07, 6.45) is 1.03. The molecule has 14 heteroatoms. The first-order valence-corrected chi connectivity index (χ1v) is 14.0. The van der Waals surface area contributed by atoms with Crippen molar-refractivity contribution in [2.75, 3.05) is 55.2 Å². The van der Waals surface area contributed by atoms with Gasteiger partial charge in [-0.15, -0.1) is 0 Å². The van der Waals surface area contributed by atoms with Crippen molar-refractivity contribution in [1.82, 2.24) is 14.9 Å². The van der Waals surface area contributed by atoms with E-state index in [1.54, 1.807) is 12.1 Å². The summed E-state index contributed by atoms with van der Waals surface area (Å²) in [6.45, 7) is 5.92. The predicted octanol–water partition coefficient (Wildman–Crippen LogP) is 1.40. The largest absolute Gasteiger partial charge is 0.480 e. The van der Waals surface area contributed by atoms with Gasteiger partial charge in [0.25, 0.3) is 5.91 Å². The van der Waals surface area contributed by atoms with Crippen LogP contribution in [0.2, 0.25) is 5.02 Å². The van der Waals surface area contributed by atoms with Crippen LogP contribution in [0, 0.1) is 0 Å². The van der Waals surface area contributed by atoms with Crippen molar-refractivity contribution in [1.29, 1.82) is 0 Å². The number of benzene rings is 2. The monoisotopic (exact) mass is 563 g/mol. The minimum Gasteiger partial charge on any atom is -0.480 e. The number of aliphatic carboxylic acids is 1. The summed E-state index contributed by atoms with van der Waals surface area (Å²) in [5, 5.41) is 15.1. The average molecular weight is 564 g/mol. The van der Waals surface area contributed by atoms with E-state index in [-0.39, 0.29) is 26.9 Å². The number of anilines is 3. The van der Waals surface area contributed by atoms with Gasteiger partial charge in [-0.1, -0.05) is 17.7 Å². The Morgan fingerprint density at radius 1 is 1.16 bits per heavy atom. The van der Waals surface area contributed by atoms with Gasteiger partial charge in [0.1, 0.15) is 6.04 Å². The van der Waals surface area contributed by atoms with Gasteiger partial charge in [-0.2, -0.15) is 4.72 Å². The number of piperazine rings is 1. The van der Waals surface area contributed by atoms with Crippen molar-refractivity contribution in [2.45, 2.75) is 24.3 Å². The summed E-state index contributed by atoms with van der Waals surface area (Å²) >= 11 is 6.51. The molecule has 2 aliphatic heterocycles. The second-order valence-electron chi connectivity index (χ2n) is 8.98. The summed E-state index contributed by atoms with van der Waals surface area (Å²) in [5.74, 6) is -0.954. The topological polar surface area (TPSA) is 169 Å². The zero-order chi connectivity index (χ0) is 27.4. The summed E-state index contributed by atoms with van der Waals surface area (Å²) in [6, 6.07) is 7.48. The molecule has 1 saturated heterocycles. The van der Waals surface area contributed by atoms with Crippen LogP contribution in [0.25, 0.3) is 0 Å². The van der Waals surface area contributed by atoms with Crippen LogP contribution in [0.15, 0.2) is 46.3 Å². The molecule has 0 radical (unpaired) electrons. The molecule has 0 saturated carbocycles. The van der Waals surface area contributed by atoms with Gasteiger partial charge in [-0.3, -0.25) is 14.6 Å². The molecule has 4 rings (SSSR count). The number of hydrogen-bond donors (Lipinski definition) is 5. The predicted molar refractivity (Wildman–Crippen MR) is 146 cm³/mol. The average Bonchev–Trinajstić information content (AvgIpc) is 2.90. The number of nitrogen functional groups attached to an aromatic ring is 1. The van der Waals surface area contributed by atoms with Crippen LogP contribution < -0.4 is 26.0 Å². The molecule has 1 fully saturated rings. The van der Waals surface area contributed by atoms with Crippen LogP contribution in [0.5, 0.6) is 0 Å². The third kappa shape index (κ3) is 6.11. The number of nitrogens with one attached hydrogen (secondary N) is 3. The van der Waals surface area contributed by atoms with E-state index in [1.165, 1.54) is 31.2 Å². The van der Waals surface area contributed by atoms with Crippen molar-refractivity contribution in [2.24, 2.45) is 4.99 Å². The third-order valence-corrected chi connectivity index (χ3v) is 8.25. The van der Waals surface area contributed by atoms with Crippen LogP contribution in [0.4, 0.5) is 17.1 Å². The van der Waals surface area contributed by atoms with Crippen LogP contribution >= 0.6 is 11.6 Å². The molecule has 0 aromatic heterocycles. The first-order chi connectivity index (χ1) is 18.1. The lowest BCUT2D eigenvalue weighted by Crippen LogP contribution is -2.53. The van der Waals surface area contributed by atoms with Gasteiger partial charge in [-0.05, 0) is 43.7 Å². The van der Waals surface area contributed by atoms with E-state index in [9.17, 15) is 18.0 Å². The van der Waals surface area contributed by atoms with E-state index in [4.69, 9.17) is 22.4 Å². The molecule has 2 heterocycles. The van der Waals surface area contributed by atoms with Gasteiger partial charge in [0, 0.05) is 45.0 Å². The van der Waals surface area contributed by atoms with Crippen molar-refractivity contribution >= 4 is 56.5 Å². The van der Waals surface area contributed by atoms with Crippen LogP contribution in [-0.4, -0.2) is 81.6 Å². The van der Waals surface area contributed by atoms with Gasteiger partial charge in [0.05, 0.1) is 26.9 Å². The number of nitrogens with zero attached hydrogens (tertiary/aromatic N) is 3. The van der Waals surface area contributed by atoms with E-state index in [0.29, 0.717) is 13.1 Å². The van der Waals surface area contributed by atoms with Crippen molar-refractivity contribution < 1.29 is 23.1 Å². The van der Waals surface area contributed by atoms with Gasteiger partial charge < -0.3 is 31.3 Å². The number of guanidine groups is 1. The first-order valence-electron chi connectivity index (χ1n) is 12.1. The fourth-order valence-electron chi connectivity index (χ4n) is 4.22. The lowest BCUT2D eigenvalue weighted by molar-refractivity contribution is -0.138. The number of carbonyl (C=O) groups excluding carboxylic acids is 1. The Bertz CT molecular complexity index is 1360. The molecule has 2 aromatic carbocycles. The minimum atomic E-state index is -4.12. The molecule has 2 aliphatic rings. The number of amides is 1. The molecule has 6 N–H and O–H groups in total. The van der Waals surface area contributed by atoms with E-state index in [1.807, 2.05) is 0 Å². The number of carbonyl (C=O) groups is 2. The lowest BCUT2D eigenvalue weighted by Gasteiger charge is -2.39. The third-order valence-electron chi connectivity index (χ3n) is 6.31. The van der Waals surface area contributed by atoms with Gasteiger partial charge in [0.15, 0.2) is 5.96 Å². The molecule has 1 atom stereocenters. The zero-order valence-electron chi connectivity index (χ0n) is 20.8. The molecular weight excluding hydrogens is 534 g/mol. The number of carboxylic acids is 1. The molecule has 0 aliphatic carbocycles. The van der Waals surface area contributed by atoms with E-state index in [0.717, 1.165) is 44.2 Å². The fraction of sp³-hybridized carbons (Fsp3) is 0.375. The van der Waals surface area contributed by atoms with E-state index in [2.05, 4.69) is 30.1 Å². The number of sulfonamides is 1. The maximum absolute atomic E-state index is 13.0. The summed E-state index contributed by atoms with van der Waals surface area (Å²) in [7, 11) is -4.12. The Hall–Kier alpha value is -3.55. The van der Waals surface area contributed by atoms with Crippen LogP contribution in [-0.2, 0) is 14.8 Å². The number of aliphatic imine (C=N–C) groups is 1. The highest BCUT2D eigenvalue weighted by atomic mass is 35.5. The Morgan fingerprint density at radius 3 is 2.53 bits per heavy atom. The quantitative estimate of drug-likeness (QED) is 0.312. The summed E-state index contributed by atoms with van der Waals surface area (Å²) < 4.78 is 27.1. The number of nitrogens with two attached hydrogens (primary N) is 1. The SMILES string of the molecule is C[C@H](NS(=O)(=O)c1cccc(NC(=O)c2ccc(N3CCN(C4=NCCCN4)CC3)c(N)c2Cl)c1)C(=O)O. The maximum atomic E-state index is 13.0. The lowest BCUT2D eigenvalue weighted by atomic mass is 10.1. The molecule has 38 heavy (non-hydrogen) atoms. The maximum Gasteiger partial charge on any atom is 0.321 e.